The predicted molar refractivity (Wildman–Crippen MR) is 82.2 cm³/mol. The first-order valence-electron chi connectivity index (χ1n) is 7.73. The van der Waals surface area contributed by atoms with Crippen molar-refractivity contribution in [2.75, 3.05) is 5.75 Å². The summed E-state index contributed by atoms with van der Waals surface area (Å²) in [5.41, 5.74) is 0.313. The van der Waals surface area contributed by atoms with E-state index in [1.165, 1.54) is 0 Å². The van der Waals surface area contributed by atoms with Crippen molar-refractivity contribution in [2.24, 2.45) is 17.3 Å². The lowest BCUT2D eigenvalue weighted by molar-refractivity contribution is 0.143. The topological polar surface area (TPSA) is 40.9 Å². The first kappa shape index (κ1) is 16.7. The molecule has 0 heterocycles. The van der Waals surface area contributed by atoms with Gasteiger partial charge in [-0.15, -0.1) is 0 Å². The van der Waals surface area contributed by atoms with Gasteiger partial charge in [-0.3, -0.25) is 4.21 Å². The van der Waals surface area contributed by atoms with Crippen LogP contribution in [-0.2, 0) is 10.8 Å². The smallest absolute Gasteiger partial charge is 0.0668 e. The van der Waals surface area contributed by atoms with Crippen LogP contribution in [0.2, 0.25) is 0 Å². The third-order valence-electron chi connectivity index (χ3n) is 5.01. The molecule has 0 aliphatic heterocycles. The van der Waals surface area contributed by atoms with E-state index >= 15 is 0 Å². The van der Waals surface area contributed by atoms with Gasteiger partial charge in [-0.2, -0.15) is 5.26 Å². The first-order valence-corrected chi connectivity index (χ1v) is 9.11. The van der Waals surface area contributed by atoms with Gasteiger partial charge in [0.05, 0.1) is 17.2 Å². The summed E-state index contributed by atoms with van der Waals surface area (Å²) in [5.74, 6) is 1.41. The van der Waals surface area contributed by atoms with Gasteiger partial charge in [0, 0.05) is 16.6 Å². The van der Waals surface area contributed by atoms with Crippen LogP contribution < -0.4 is 0 Å². The number of unbranched alkanes of at least 4 members (excludes halogenated alkanes) is 1. The lowest BCUT2D eigenvalue weighted by Crippen LogP contribution is -2.38. The zero-order chi connectivity index (χ0) is 14.5. The fourth-order valence-electron chi connectivity index (χ4n) is 3.00. The zero-order valence-corrected chi connectivity index (χ0v) is 13.8. The summed E-state index contributed by atoms with van der Waals surface area (Å²) >= 11 is 0. The molecule has 4 atom stereocenters. The molecule has 1 aliphatic rings. The van der Waals surface area contributed by atoms with Crippen molar-refractivity contribution in [1.29, 1.82) is 5.26 Å². The maximum atomic E-state index is 12.4. The van der Waals surface area contributed by atoms with E-state index in [0.717, 1.165) is 44.3 Å². The van der Waals surface area contributed by atoms with E-state index in [-0.39, 0.29) is 11.2 Å². The molecule has 1 aliphatic carbocycles. The van der Waals surface area contributed by atoms with Gasteiger partial charge in [0.15, 0.2) is 0 Å². The summed E-state index contributed by atoms with van der Waals surface area (Å²) in [5, 5.41) is 9.41. The van der Waals surface area contributed by atoms with Gasteiger partial charge in [-0.05, 0) is 37.0 Å². The molecule has 0 radical (unpaired) electrons. The van der Waals surface area contributed by atoms with Crippen LogP contribution in [-0.4, -0.2) is 15.2 Å². The first-order chi connectivity index (χ1) is 8.96. The average Bonchev–Trinajstić information content (AvgIpc) is 2.43. The molecule has 1 rings (SSSR count). The van der Waals surface area contributed by atoms with E-state index in [4.69, 9.17) is 0 Å². The Labute approximate surface area is 121 Å². The van der Waals surface area contributed by atoms with Crippen LogP contribution in [0, 0.1) is 28.6 Å². The van der Waals surface area contributed by atoms with Gasteiger partial charge in [-0.25, -0.2) is 0 Å². The van der Waals surface area contributed by atoms with Crippen molar-refractivity contribution in [2.45, 2.75) is 71.5 Å². The highest BCUT2D eigenvalue weighted by Crippen LogP contribution is 2.43. The molecule has 19 heavy (non-hydrogen) atoms. The van der Waals surface area contributed by atoms with E-state index in [1.807, 2.05) is 0 Å². The molecule has 0 aromatic heterocycles. The van der Waals surface area contributed by atoms with Crippen molar-refractivity contribution < 1.29 is 4.21 Å². The standard InChI is InChI=1S/C16H29NOS/c1-5-7-10-19(18)15-11-14(16(3,4)6-2)9-8-13(15)12-17/h13-15H,5-11H2,1-4H3. The summed E-state index contributed by atoms with van der Waals surface area (Å²) in [6, 6.07) is 2.41. The average molecular weight is 283 g/mol. The van der Waals surface area contributed by atoms with E-state index in [2.05, 4.69) is 33.8 Å². The van der Waals surface area contributed by atoms with E-state index in [9.17, 15) is 9.47 Å². The quantitative estimate of drug-likeness (QED) is 0.730. The summed E-state index contributed by atoms with van der Waals surface area (Å²) in [6.45, 7) is 9.00. The van der Waals surface area contributed by atoms with Gasteiger partial charge in [0.25, 0.3) is 0 Å². The molecule has 0 bridgehead atoms. The fourth-order valence-corrected chi connectivity index (χ4v) is 4.89. The Morgan fingerprint density at radius 1 is 1.32 bits per heavy atom. The number of nitriles is 1. The number of hydrogen-bond donors (Lipinski definition) is 0. The van der Waals surface area contributed by atoms with Crippen LogP contribution in [0.4, 0.5) is 0 Å². The SMILES string of the molecule is CCCCS(=O)C1CC(C(C)(C)CC)CCC1C#N. The highest BCUT2D eigenvalue weighted by atomic mass is 32.2. The third-order valence-corrected chi connectivity index (χ3v) is 6.90. The summed E-state index contributed by atoms with van der Waals surface area (Å²) in [6.07, 6.45) is 6.30. The second-order valence-corrected chi connectivity index (χ2v) is 8.34. The Morgan fingerprint density at radius 3 is 2.53 bits per heavy atom. The maximum Gasteiger partial charge on any atom is 0.0668 e. The molecular weight excluding hydrogens is 254 g/mol. The van der Waals surface area contributed by atoms with Gasteiger partial charge in [0.2, 0.25) is 0 Å². The molecule has 2 nitrogen and oxygen atoms in total. The van der Waals surface area contributed by atoms with Crippen LogP contribution >= 0.6 is 0 Å². The molecule has 3 heteroatoms. The lowest BCUT2D eigenvalue weighted by atomic mass is 9.67. The highest BCUT2D eigenvalue weighted by Gasteiger charge is 2.39. The molecule has 1 saturated carbocycles. The predicted octanol–water partition coefficient (Wildman–Crippen LogP) is 4.28. The van der Waals surface area contributed by atoms with Crippen LogP contribution in [0.25, 0.3) is 0 Å². The van der Waals surface area contributed by atoms with E-state index in [1.54, 1.807) is 0 Å². The summed E-state index contributed by atoms with van der Waals surface area (Å²) in [4.78, 5) is 0. The second-order valence-electron chi connectivity index (χ2n) is 6.56. The van der Waals surface area contributed by atoms with Crippen molar-refractivity contribution in [3.63, 3.8) is 0 Å². The molecule has 0 saturated heterocycles. The minimum atomic E-state index is -0.816. The van der Waals surface area contributed by atoms with Crippen LogP contribution in [0.15, 0.2) is 0 Å². The van der Waals surface area contributed by atoms with E-state index < -0.39 is 10.8 Å². The number of nitrogens with zero attached hydrogens (tertiary/aromatic N) is 1. The van der Waals surface area contributed by atoms with Crippen molar-refractivity contribution >= 4 is 10.8 Å². The molecule has 1 fully saturated rings. The van der Waals surface area contributed by atoms with Crippen molar-refractivity contribution in [1.82, 2.24) is 0 Å². The number of rotatable bonds is 6. The summed E-state index contributed by atoms with van der Waals surface area (Å²) in [7, 11) is -0.816. The molecule has 110 valence electrons. The van der Waals surface area contributed by atoms with Crippen LogP contribution in [0.5, 0.6) is 0 Å². The molecule has 0 aromatic carbocycles. The maximum absolute atomic E-state index is 12.4. The Hall–Kier alpha value is -0.360. The van der Waals surface area contributed by atoms with Gasteiger partial charge < -0.3 is 0 Å². The van der Waals surface area contributed by atoms with Gasteiger partial charge >= 0.3 is 0 Å². The van der Waals surface area contributed by atoms with Crippen LogP contribution in [0.3, 0.4) is 0 Å². The summed E-state index contributed by atoms with van der Waals surface area (Å²) < 4.78 is 12.4. The number of hydrogen-bond acceptors (Lipinski definition) is 2. The Kier molecular flexibility index (Phi) is 6.53. The largest absolute Gasteiger partial charge is 0.259 e. The molecule has 0 amide bonds. The molecule has 4 unspecified atom stereocenters. The van der Waals surface area contributed by atoms with Crippen molar-refractivity contribution in [3.8, 4) is 6.07 Å². The van der Waals surface area contributed by atoms with E-state index in [0.29, 0.717) is 11.3 Å². The monoisotopic (exact) mass is 283 g/mol. The van der Waals surface area contributed by atoms with Gasteiger partial charge in [0.1, 0.15) is 0 Å². The molecule has 0 N–H and O–H groups in total. The normalized spacial score (nSPS) is 29.7. The molecule has 0 aromatic rings. The third kappa shape index (κ3) is 4.31. The Bertz CT molecular complexity index is 345. The minimum absolute atomic E-state index is 0.0154. The highest BCUT2D eigenvalue weighted by molar-refractivity contribution is 7.85. The molecular formula is C16H29NOS. The van der Waals surface area contributed by atoms with Gasteiger partial charge in [-0.1, -0.05) is 40.5 Å². The Balaban J connectivity index is 2.74. The minimum Gasteiger partial charge on any atom is -0.259 e. The lowest BCUT2D eigenvalue weighted by Gasteiger charge is -2.41. The fraction of sp³-hybridized carbons (Fsp3) is 0.938. The van der Waals surface area contributed by atoms with Crippen LogP contribution in [0.1, 0.15) is 66.2 Å². The van der Waals surface area contributed by atoms with Crippen molar-refractivity contribution in [3.05, 3.63) is 0 Å². The second kappa shape index (κ2) is 7.43. The zero-order valence-electron chi connectivity index (χ0n) is 12.9. The molecule has 0 spiro atoms. The Morgan fingerprint density at radius 2 is 2.00 bits per heavy atom.